The Balaban J connectivity index is 2.27. The molecule has 0 aliphatic heterocycles. The zero-order valence-corrected chi connectivity index (χ0v) is 10.7. The van der Waals surface area contributed by atoms with Crippen LogP contribution in [0.2, 0.25) is 0 Å². The molecule has 0 aromatic rings. The minimum absolute atomic E-state index is 0.120. The van der Waals surface area contributed by atoms with Gasteiger partial charge in [0.25, 0.3) is 5.91 Å². The van der Waals surface area contributed by atoms with Crippen LogP contribution in [0.15, 0.2) is 11.6 Å². The van der Waals surface area contributed by atoms with Crippen molar-refractivity contribution in [2.45, 2.75) is 52.4 Å². The number of carbonyl (C=O) groups is 2. The van der Waals surface area contributed by atoms with E-state index in [1.165, 1.54) is 0 Å². The molecule has 1 aliphatic rings. The average molecular weight is 238 g/mol. The Morgan fingerprint density at radius 1 is 1.41 bits per heavy atom. The molecule has 0 saturated carbocycles. The summed E-state index contributed by atoms with van der Waals surface area (Å²) in [6.45, 7) is 4.21. The van der Waals surface area contributed by atoms with Crippen LogP contribution in [-0.4, -0.2) is 11.8 Å². The van der Waals surface area contributed by atoms with Gasteiger partial charge in [-0.2, -0.15) is 0 Å². The fraction of sp³-hybridized carbons (Fsp3) is 0.692. The Morgan fingerprint density at radius 2 is 2.18 bits per heavy atom. The van der Waals surface area contributed by atoms with Crippen molar-refractivity contribution >= 4 is 11.8 Å². The molecule has 0 saturated heterocycles. The highest BCUT2D eigenvalue weighted by molar-refractivity contribution is 5.94. The van der Waals surface area contributed by atoms with Crippen LogP contribution in [-0.2, 0) is 9.59 Å². The number of hydrogen-bond donors (Lipinski definition) is 2. The lowest BCUT2D eigenvalue weighted by Gasteiger charge is -2.17. The second kappa shape index (κ2) is 7.09. The maximum absolute atomic E-state index is 11.7. The van der Waals surface area contributed by atoms with Crippen LogP contribution in [0.4, 0.5) is 0 Å². The third-order valence-electron chi connectivity index (χ3n) is 3.04. The van der Waals surface area contributed by atoms with E-state index in [-0.39, 0.29) is 11.8 Å². The van der Waals surface area contributed by atoms with Crippen LogP contribution in [0.5, 0.6) is 0 Å². The van der Waals surface area contributed by atoms with Gasteiger partial charge < -0.3 is 0 Å². The highest BCUT2D eigenvalue weighted by Crippen LogP contribution is 2.22. The Morgan fingerprint density at radius 3 is 2.76 bits per heavy atom. The molecule has 1 aliphatic carbocycles. The smallest absolute Gasteiger partial charge is 0.265 e. The monoisotopic (exact) mass is 238 g/mol. The molecule has 0 unspecified atom stereocenters. The fourth-order valence-electron chi connectivity index (χ4n) is 1.78. The van der Waals surface area contributed by atoms with E-state index in [4.69, 9.17) is 0 Å². The lowest BCUT2D eigenvalue weighted by molar-refractivity contribution is -0.127. The summed E-state index contributed by atoms with van der Waals surface area (Å²) in [7, 11) is 0. The number of hydrazine groups is 1. The third-order valence-corrected chi connectivity index (χ3v) is 3.04. The van der Waals surface area contributed by atoms with Crippen molar-refractivity contribution < 1.29 is 9.59 Å². The molecule has 2 amide bonds. The first-order chi connectivity index (χ1) is 8.13. The molecule has 1 atom stereocenters. The average Bonchev–Trinajstić information content (AvgIpc) is 2.34. The number of allylic oxidation sites excluding steroid dienone is 1. The molecule has 0 heterocycles. The van der Waals surface area contributed by atoms with Gasteiger partial charge in [0.2, 0.25) is 5.91 Å². The molecule has 0 aromatic heterocycles. The van der Waals surface area contributed by atoms with Gasteiger partial charge in [-0.1, -0.05) is 26.3 Å². The summed E-state index contributed by atoms with van der Waals surface area (Å²) in [6, 6.07) is 0. The number of carbonyl (C=O) groups excluding carboxylic acids is 2. The molecular weight excluding hydrogens is 216 g/mol. The zero-order chi connectivity index (χ0) is 12.7. The van der Waals surface area contributed by atoms with Crippen LogP contribution < -0.4 is 10.9 Å². The molecule has 1 rings (SSSR count). The van der Waals surface area contributed by atoms with Crippen LogP contribution in [0.3, 0.4) is 0 Å². The van der Waals surface area contributed by atoms with E-state index in [0.29, 0.717) is 12.3 Å². The number of amides is 2. The van der Waals surface area contributed by atoms with E-state index in [9.17, 15) is 9.59 Å². The van der Waals surface area contributed by atoms with Crippen molar-refractivity contribution in [2.75, 3.05) is 0 Å². The number of unbranched alkanes of at least 4 members (excludes halogenated alkanes) is 1. The van der Waals surface area contributed by atoms with Crippen molar-refractivity contribution in [2.24, 2.45) is 5.92 Å². The normalized spacial score (nSPS) is 19.4. The minimum Gasteiger partial charge on any atom is -0.273 e. The molecule has 0 aromatic carbocycles. The van der Waals surface area contributed by atoms with E-state index in [1.807, 2.05) is 13.0 Å². The second-order valence-electron chi connectivity index (χ2n) is 4.71. The van der Waals surface area contributed by atoms with Crippen LogP contribution in [0, 0.1) is 5.92 Å². The van der Waals surface area contributed by atoms with Crippen molar-refractivity contribution in [1.29, 1.82) is 0 Å². The van der Waals surface area contributed by atoms with Crippen LogP contribution in [0.25, 0.3) is 0 Å². The van der Waals surface area contributed by atoms with Gasteiger partial charge in [-0.25, -0.2) is 0 Å². The Labute approximate surface area is 103 Å². The van der Waals surface area contributed by atoms with Gasteiger partial charge in [0.05, 0.1) is 0 Å². The van der Waals surface area contributed by atoms with Gasteiger partial charge in [-0.15, -0.1) is 0 Å². The lowest BCUT2D eigenvalue weighted by Crippen LogP contribution is -2.42. The fourth-order valence-corrected chi connectivity index (χ4v) is 1.78. The van der Waals surface area contributed by atoms with Crippen molar-refractivity contribution in [3.8, 4) is 0 Å². The summed E-state index contributed by atoms with van der Waals surface area (Å²) in [6.07, 6.45) is 7.06. The van der Waals surface area contributed by atoms with E-state index in [0.717, 1.165) is 37.7 Å². The Bertz CT molecular complexity index is 311. The molecule has 0 fully saturated rings. The number of rotatable bonds is 4. The van der Waals surface area contributed by atoms with Crippen LogP contribution in [0.1, 0.15) is 52.4 Å². The maximum Gasteiger partial charge on any atom is 0.265 e. The van der Waals surface area contributed by atoms with Crippen LogP contribution >= 0.6 is 0 Å². The summed E-state index contributed by atoms with van der Waals surface area (Å²) in [5.41, 5.74) is 5.71. The van der Waals surface area contributed by atoms with Gasteiger partial charge in [0.1, 0.15) is 0 Å². The zero-order valence-electron chi connectivity index (χ0n) is 10.7. The molecule has 96 valence electrons. The Hall–Kier alpha value is -1.32. The third kappa shape index (κ3) is 5.02. The van der Waals surface area contributed by atoms with E-state index < -0.39 is 0 Å². The van der Waals surface area contributed by atoms with Gasteiger partial charge in [-0.05, 0) is 31.6 Å². The van der Waals surface area contributed by atoms with Gasteiger partial charge in [0, 0.05) is 12.0 Å². The molecule has 0 spiro atoms. The van der Waals surface area contributed by atoms with Crippen molar-refractivity contribution in [1.82, 2.24) is 10.9 Å². The van der Waals surface area contributed by atoms with Crippen molar-refractivity contribution in [3.63, 3.8) is 0 Å². The van der Waals surface area contributed by atoms with Gasteiger partial charge in [-0.3, -0.25) is 20.4 Å². The summed E-state index contributed by atoms with van der Waals surface area (Å²) < 4.78 is 0. The van der Waals surface area contributed by atoms with Gasteiger partial charge in [0.15, 0.2) is 0 Å². The highest BCUT2D eigenvalue weighted by Gasteiger charge is 2.16. The lowest BCUT2D eigenvalue weighted by atomic mass is 9.91. The summed E-state index contributed by atoms with van der Waals surface area (Å²) in [4.78, 5) is 23.0. The first-order valence-corrected chi connectivity index (χ1v) is 6.41. The standard InChI is InChI=1S/C13H22N2O2/c1-3-4-5-12(16)14-15-13(17)11-8-6-10(2)7-9-11/h8,10H,3-7,9H2,1-2H3,(H,14,16)(H,15,17)/t10-/m1/s1. The van der Waals surface area contributed by atoms with E-state index in [2.05, 4.69) is 17.8 Å². The molecular formula is C13H22N2O2. The maximum atomic E-state index is 11.7. The first kappa shape index (κ1) is 13.7. The molecule has 0 radical (unpaired) electrons. The number of nitrogens with one attached hydrogen (secondary N) is 2. The molecule has 0 bridgehead atoms. The quantitative estimate of drug-likeness (QED) is 0.737. The van der Waals surface area contributed by atoms with E-state index in [1.54, 1.807) is 0 Å². The van der Waals surface area contributed by atoms with E-state index >= 15 is 0 Å². The minimum atomic E-state index is -0.165. The summed E-state index contributed by atoms with van der Waals surface area (Å²) in [5, 5.41) is 0. The molecule has 2 N–H and O–H groups in total. The topological polar surface area (TPSA) is 58.2 Å². The molecule has 4 heteroatoms. The summed E-state index contributed by atoms with van der Waals surface area (Å²) in [5.74, 6) is 0.373. The first-order valence-electron chi connectivity index (χ1n) is 6.41. The van der Waals surface area contributed by atoms with Crippen molar-refractivity contribution in [3.05, 3.63) is 11.6 Å². The highest BCUT2D eigenvalue weighted by atomic mass is 16.2. The predicted octanol–water partition coefficient (Wildman–Crippen LogP) is 2.07. The second-order valence-corrected chi connectivity index (χ2v) is 4.71. The Kier molecular flexibility index (Phi) is 5.73. The largest absolute Gasteiger partial charge is 0.273 e. The SMILES string of the molecule is CCCCC(=O)NNC(=O)C1=CC[C@@H](C)CC1. The summed E-state index contributed by atoms with van der Waals surface area (Å²) >= 11 is 0. The van der Waals surface area contributed by atoms with Gasteiger partial charge >= 0.3 is 0 Å². The molecule has 4 nitrogen and oxygen atoms in total. The molecule has 17 heavy (non-hydrogen) atoms. The predicted molar refractivity (Wildman–Crippen MR) is 66.9 cm³/mol. The number of hydrogen-bond acceptors (Lipinski definition) is 2.